The first-order chi connectivity index (χ1) is 9.07. The molecule has 1 heterocycles. The minimum atomic E-state index is -0.373. The molecule has 19 heavy (non-hydrogen) atoms. The molecule has 3 rings (SSSR count). The van der Waals surface area contributed by atoms with E-state index in [1.165, 1.54) is 19.3 Å². The third kappa shape index (κ3) is 2.55. The molecule has 2 saturated carbocycles. The van der Waals surface area contributed by atoms with Crippen molar-refractivity contribution in [2.45, 2.75) is 70.3 Å². The smallest absolute Gasteiger partial charge is 0.246 e. The summed E-state index contributed by atoms with van der Waals surface area (Å²) in [7, 11) is 0. The van der Waals surface area contributed by atoms with Gasteiger partial charge in [-0.15, -0.1) is 0 Å². The van der Waals surface area contributed by atoms with E-state index in [1.54, 1.807) is 0 Å². The Morgan fingerprint density at radius 3 is 2.47 bits per heavy atom. The van der Waals surface area contributed by atoms with Gasteiger partial charge in [0.15, 0.2) is 5.82 Å². The fourth-order valence-electron chi connectivity index (χ4n) is 3.54. The molecule has 0 radical (unpaired) electrons. The van der Waals surface area contributed by atoms with E-state index >= 15 is 0 Å². The highest BCUT2D eigenvalue weighted by atomic mass is 16.5. The van der Waals surface area contributed by atoms with Crippen molar-refractivity contribution in [3.05, 3.63) is 11.7 Å². The van der Waals surface area contributed by atoms with Gasteiger partial charge in [0, 0.05) is 5.92 Å². The van der Waals surface area contributed by atoms with Crippen LogP contribution < -0.4 is 5.73 Å². The Hall–Kier alpha value is -0.900. The van der Waals surface area contributed by atoms with Crippen LogP contribution in [0.2, 0.25) is 0 Å². The second-order valence-corrected chi connectivity index (χ2v) is 6.91. The van der Waals surface area contributed by atoms with Gasteiger partial charge in [-0.3, -0.25) is 0 Å². The van der Waals surface area contributed by atoms with Crippen LogP contribution in [0.15, 0.2) is 4.52 Å². The van der Waals surface area contributed by atoms with Gasteiger partial charge in [0.1, 0.15) is 0 Å². The molecule has 1 aromatic rings. The maximum absolute atomic E-state index is 6.49. The SMILES string of the molecule is CC1CCC(N)(c2nc(C3CCC(C)C3)no2)CC1. The monoisotopic (exact) mass is 263 g/mol. The average Bonchev–Trinajstić information content (AvgIpc) is 3.02. The number of hydrogen-bond acceptors (Lipinski definition) is 4. The number of nitrogens with two attached hydrogens (primary N) is 1. The Balaban J connectivity index is 1.74. The highest BCUT2D eigenvalue weighted by Gasteiger charge is 2.38. The van der Waals surface area contributed by atoms with Gasteiger partial charge in [-0.1, -0.05) is 19.0 Å². The molecule has 0 amide bonds. The molecule has 0 bridgehead atoms. The summed E-state index contributed by atoms with van der Waals surface area (Å²) in [6, 6.07) is 0. The Kier molecular flexibility index (Phi) is 3.37. The van der Waals surface area contributed by atoms with Crippen molar-refractivity contribution >= 4 is 0 Å². The van der Waals surface area contributed by atoms with Crippen LogP contribution >= 0.6 is 0 Å². The van der Waals surface area contributed by atoms with E-state index in [0.717, 1.165) is 43.3 Å². The molecule has 0 spiro atoms. The van der Waals surface area contributed by atoms with Gasteiger partial charge in [0.2, 0.25) is 5.89 Å². The third-order valence-electron chi connectivity index (χ3n) is 5.09. The molecule has 2 N–H and O–H groups in total. The lowest BCUT2D eigenvalue weighted by molar-refractivity contribution is 0.190. The summed E-state index contributed by atoms with van der Waals surface area (Å²) in [5.74, 6) is 3.61. The van der Waals surface area contributed by atoms with E-state index < -0.39 is 0 Å². The van der Waals surface area contributed by atoms with Crippen molar-refractivity contribution in [3.8, 4) is 0 Å². The number of rotatable bonds is 2. The molecule has 0 aromatic carbocycles. The summed E-state index contributed by atoms with van der Waals surface area (Å²) in [6.07, 6.45) is 7.92. The quantitative estimate of drug-likeness (QED) is 0.888. The number of aromatic nitrogens is 2. The molecule has 2 unspecified atom stereocenters. The maximum Gasteiger partial charge on any atom is 0.246 e. The van der Waals surface area contributed by atoms with Gasteiger partial charge >= 0.3 is 0 Å². The van der Waals surface area contributed by atoms with E-state index in [4.69, 9.17) is 10.3 Å². The summed E-state index contributed by atoms with van der Waals surface area (Å²) in [6.45, 7) is 4.59. The van der Waals surface area contributed by atoms with Crippen LogP contribution in [0.1, 0.15) is 76.4 Å². The van der Waals surface area contributed by atoms with Crippen LogP contribution in [0.4, 0.5) is 0 Å². The standard InChI is InChI=1S/C15H25N3O/c1-10-5-7-15(16,8-6-10)14-17-13(18-19-14)12-4-3-11(2)9-12/h10-12H,3-9,16H2,1-2H3. The predicted octanol–water partition coefficient (Wildman–Crippen LogP) is 3.34. The predicted molar refractivity (Wildman–Crippen MR) is 73.6 cm³/mol. The summed E-state index contributed by atoms with van der Waals surface area (Å²) in [5, 5.41) is 4.21. The van der Waals surface area contributed by atoms with Gasteiger partial charge in [-0.25, -0.2) is 0 Å². The zero-order valence-corrected chi connectivity index (χ0v) is 12.1. The fourth-order valence-corrected chi connectivity index (χ4v) is 3.54. The van der Waals surface area contributed by atoms with E-state index in [9.17, 15) is 0 Å². The van der Waals surface area contributed by atoms with Crippen molar-refractivity contribution < 1.29 is 4.52 Å². The molecule has 106 valence electrons. The Labute approximate surface area is 115 Å². The Morgan fingerprint density at radius 2 is 1.84 bits per heavy atom. The lowest BCUT2D eigenvalue weighted by Gasteiger charge is -2.32. The zero-order chi connectivity index (χ0) is 13.5. The van der Waals surface area contributed by atoms with Crippen molar-refractivity contribution in [1.29, 1.82) is 0 Å². The molecule has 4 nitrogen and oxygen atoms in total. The summed E-state index contributed by atoms with van der Waals surface area (Å²) >= 11 is 0. The van der Waals surface area contributed by atoms with Crippen molar-refractivity contribution in [3.63, 3.8) is 0 Å². The molecular formula is C15H25N3O. The largest absolute Gasteiger partial charge is 0.337 e. The molecule has 4 heteroatoms. The van der Waals surface area contributed by atoms with Gasteiger partial charge in [-0.05, 0) is 56.8 Å². The lowest BCUT2D eigenvalue weighted by atomic mass is 9.78. The van der Waals surface area contributed by atoms with Crippen LogP contribution in [0.25, 0.3) is 0 Å². The first-order valence-electron chi connectivity index (χ1n) is 7.70. The van der Waals surface area contributed by atoms with Gasteiger partial charge < -0.3 is 10.3 Å². The topological polar surface area (TPSA) is 64.9 Å². The molecule has 2 atom stereocenters. The first kappa shape index (κ1) is 13.1. The van der Waals surface area contributed by atoms with Crippen LogP contribution in [-0.4, -0.2) is 10.1 Å². The molecule has 2 fully saturated rings. The van der Waals surface area contributed by atoms with Gasteiger partial charge in [-0.2, -0.15) is 4.98 Å². The van der Waals surface area contributed by atoms with Crippen LogP contribution in [0.5, 0.6) is 0 Å². The summed E-state index contributed by atoms with van der Waals surface area (Å²) < 4.78 is 5.50. The average molecular weight is 263 g/mol. The summed E-state index contributed by atoms with van der Waals surface area (Å²) in [4.78, 5) is 4.64. The molecule has 2 aliphatic carbocycles. The number of hydrogen-bond donors (Lipinski definition) is 1. The summed E-state index contributed by atoms with van der Waals surface area (Å²) in [5.41, 5.74) is 6.11. The second-order valence-electron chi connectivity index (χ2n) is 6.91. The van der Waals surface area contributed by atoms with E-state index in [0.29, 0.717) is 11.8 Å². The van der Waals surface area contributed by atoms with E-state index in [2.05, 4.69) is 24.0 Å². The Bertz CT molecular complexity index is 434. The van der Waals surface area contributed by atoms with E-state index in [-0.39, 0.29) is 5.54 Å². The molecule has 2 aliphatic rings. The maximum atomic E-state index is 6.49. The highest BCUT2D eigenvalue weighted by molar-refractivity contribution is 5.07. The van der Waals surface area contributed by atoms with Crippen LogP contribution in [0.3, 0.4) is 0 Å². The zero-order valence-electron chi connectivity index (χ0n) is 12.1. The lowest BCUT2D eigenvalue weighted by Crippen LogP contribution is -2.40. The Morgan fingerprint density at radius 1 is 1.11 bits per heavy atom. The molecule has 0 aliphatic heterocycles. The van der Waals surface area contributed by atoms with Gasteiger partial charge in [0.05, 0.1) is 5.54 Å². The van der Waals surface area contributed by atoms with E-state index in [1.807, 2.05) is 0 Å². The van der Waals surface area contributed by atoms with Crippen molar-refractivity contribution in [2.24, 2.45) is 17.6 Å². The van der Waals surface area contributed by atoms with Crippen molar-refractivity contribution in [1.82, 2.24) is 10.1 Å². The molecular weight excluding hydrogens is 238 g/mol. The molecule has 0 saturated heterocycles. The highest BCUT2D eigenvalue weighted by Crippen LogP contribution is 2.39. The minimum Gasteiger partial charge on any atom is -0.337 e. The van der Waals surface area contributed by atoms with Crippen molar-refractivity contribution in [2.75, 3.05) is 0 Å². The molecule has 1 aromatic heterocycles. The van der Waals surface area contributed by atoms with Crippen LogP contribution in [0, 0.1) is 11.8 Å². The second kappa shape index (κ2) is 4.89. The minimum absolute atomic E-state index is 0.373. The van der Waals surface area contributed by atoms with Crippen LogP contribution in [-0.2, 0) is 5.54 Å². The fraction of sp³-hybridized carbons (Fsp3) is 0.867. The third-order valence-corrected chi connectivity index (χ3v) is 5.09. The normalized spacial score (nSPS) is 39.6. The number of nitrogens with zero attached hydrogens (tertiary/aromatic N) is 2. The van der Waals surface area contributed by atoms with Gasteiger partial charge in [0.25, 0.3) is 0 Å². The first-order valence-corrected chi connectivity index (χ1v) is 7.70.